The van der Waals surface area contributed by atoms with Gasteiger partial charge >= 0.3 is 12.1 Å². The number of nitrogens with zero attached hydrogens (tertiary/aromatic N) is 1. The molecule has 0 aliphatic rings. The van der Waals surface area contributed by atoms with Gasteiger partial charge in [-0.25, -0.2) is 14.5 Å². The Morgan fingerprint density at radius 1 is 0.935 bits per heavy atom. The summed E-state index contributed by atoms with van der Waals surface area (Å²) < 4.78 is 5.37. The molecule has 6 atom stereocenters. The minimum absolute atomic E-state index is 0.109. The van der Waals surface area contributed by atoms with Crippen molar-refractivity contribution in [3.63, 3.8) is 0 Å². The highest BCUT2D eigenvalue weighted by Gasteiger charge is 2.39. The quantitative estimate of drug-likeness (QED) is 0.126. The Morgan fingerprint density at radius 3 is 2.02 bits per heavy atom. The lowest BCUT2D eigenvalue weighted by molar-refractivity contribution is -0.143. The molecule has 15 heteroatoms. The number of ether oxygens (including phenoxy) is 1. The fraction of sp³-hybridized carbons (Fsp3) is 0.613. The molecule has 1 aromatic carbocycles. The van der Waals surface area contributed by atoms with Gasteiger partial charge in [-0.2, -0.15) is 0 Å². The van der Waals surface area contributed by atoms with Crippen molar-refractivity contribution in [3.8, 4) is 0 Å². The second-order valence-corrected chi connectivity index (χ2v) is 12.4. The lowest BCUT2D eigenvalue weighted by Crippen LogP contribution is -2.60. The maximum atomic E-state index is 13.6. The largest absolute Gasteiger partial charge is 0.480 e. The predicted molar refractivity (Wildman–Crippen MR) is 167 cm³/mol. The number of aliphatic hydroxyl groups excluding tert-OH is 2. The average Bonchev–Trinajstić information content (AvgIpc) is 2.96. The SMILES string of the molecule is CC(C)C(NC(=O)CCC(O)[C@H](Cc1ccccc1)NC(=O)[C@H](C)N(C(=O)OC(C)(C)C)C(=O)[C@H](C)NC(=O)[C@@H](N)CO)C(=O)O. The Morgan fingerprint density at radius 2 is 1.52 bits per heavy atom. The topological polar surface area (TPSA) is 238 Å². The van der Waals surface area contributed by atoms with E-state index in [9.17, 15) is 39.0 Å². The van der Waals surface area contributed by atoms with E-state index in [2.05, 4.69) is 16.0 Å². The molecule has 0 radical (unpaired) electrons. The minimum Gasteiger partial charge on any atom is -0.480 e. The van der Waals surface area contributed by atoms with Crippen molar-refractivity contribution in [1.82, 2.24) is 20.9 Å². The number of carbonyl (C=O) groups excluding carboxylic acids is 5. The molecule has 46 heavy (non-hydrogen) atoms. The Labute approximate surface area is 269 Å². The Kier molecular flexibility index (Phi) is 15.8. The van der Waals surface area contributed by atoms with Crippen LogP contribution in [0.15, 0.2) is 30.3 Å². The highest BCUT2D eigenvalue weighted by atomic mass is 16.6. The van der Waals surface area contributed by atoms with E-state index in [0.29, 0.717) is 4.90 Å². The molecule has 8 N–H and O–H groups in total. The summed E-state index contributed by atoms with van der Waals surface area (Å²) in [6.45, 7) is 9.82. The highest BCUT2D eigenvalue weighted by molar-refractivity contribution is 6.01. The molecule has 258 valence electrons. The first-order chi connectivity index (χ1) is 21.3. The number of hydrogen-bond acceptors (Lipinski definition) is 10. The van der Waals surface area contributed by atoms with E-state index in [1.807, 2.05) is 0 Å². The van der Waals surface area contributed by atoms with Crippen molar-refractivity contribution >= 4 is 35.7 Å². The Bertz CT molecular complexity index is 1200. The van der Waals surface area contributed by atoms with Crippen molar-refractivity contribution in [2.75, 3.05) is 6.61 Å². The molecule has 0 fully saturated rings. The minimum atomic E-state index is -1.50. The number of rotatable bonds is 16. The van der Waals surface area contributed by atoms with Crippen LogP contribution in [0.25, 0.3) is 0 Å². The molecule has 0 saturated carbocycles. The molecule has 1 rings (SSSR count). The van der Waals surface area contributed by atoms with Crippen molar-refractivity contribution < 1.29 is 48.8 Å². The summed E-state index contributed by atoms with van der Waals surface area (Å²) in [5.74, 6) is -4.87. The first-order valence-corrected chi connectivity index (χ1v) is 15.1. The van der Waals surface area contributed by atoms with Gasteiger partial charge in [0.05, 0.1) is 18.8 Å². The first-order valence-electron chi connectivity index (χ1n) is 15.1. The molecule has 1 aromatic rings. The maximum Gasteiger partial charge on any atom is 0.417 e. The molecule has 15 nitrogen and oxygen atoms in total. The zero-order valence-corrected chi connectivity index (χ0v) is 27.5. The first kappa shape index (κ1) is 39.9. The predicted octanol–water partition coefficient (Wildman–Crippen LogP) is 0.0569. The average molecular weight is 652 g/mol. The number of aliphatic carboxylic acids is 1. The van der Waals surface area contributed by atoms with Crippen LogP contribution in [-0.2, 0) is 35.1 Å². The van der Waals surface area contributed by atoms with Gasteiger partial charge in [-0.15, -0.1) is 0 Å². The fourth-order valence-corrected chi connectivity index (χ4v) is 4.23. The summed E-state index contributed by atoms with van der Waals surface area (Å²) in [6.07, 6.45) is -2.75. The van der Waals surface area contributed by atoms with Crippen LogP contribution in [-0.4, -0.2) is 104 Å². The third kappa shape index (κ3) is 13.1. The summed E-state index contributed by atoms with van der Waals surface area (Å²) in [5.41, 5.74) is 5.19. The zero-order valence-electron chi connectivity index (χ0n) is 27.5. The lowest BCUT2D eigenvalue weighted by Gasteiger charge is -2.33. The van der Waals surface area contributed by atoms with Gasteiger partial charge in [0.25, 0.3) is 5.91 Å². The summed E-state index contributed by atoms with van der Waals surface area (Å²) in [4.78, 5) is 76.9. The van der Waals surface area contributed by atoms with E-state index in [0.717, 1.165) is 5.56 Å². The summed E-state index contributed by atoms with van der Waals surface area (Å²) in [5, 5.41) is 37.0. The number of nitrogens with one attached hydrogen (secondary N) is 3. The third-order valence-electron chi connectivity index (χ3n) is 6.86. The molecule has 0 aliphatic heterocycles. The summed E-state index contributed by atoms with van der Waals surface area (Å²) in [6, 6.07) is 2.54. The zero-order chi connectivity index (χ0) is 35.4. The number of carboxylic acid groups (broad SMARTS) is 1. The molecule has 0 spiro atoms. The van der Waals surface area contributed by atoms with E-state index >= 15 is 0 Å². The highest BCUT2D eigenvalue weighted by Crippen LogP contribution is 2.16. The number of carbonyl (C=O) groups is 6. The molecule has 0 aromatic heterocycles. The van der Waals surface area contributed by atoms with Gasteiger partial charge in [-0.3, -0.25) is 19.2 Å². The molecule has 5 amide bonds. The molecule has 2 unspecified atom stereocenters. The lowest BCUT2D eigenvalue weighted by atomic mass is 9.97. The van der Waals surface area contributed by atoms with Gasteiger partial charge in [-0.1, -0.05) is 44.2 Å². The molecule has 0 saturated heterocycles. The molecular weight excluding hydrogens is 602 g/mol. The van der Waals surface area contributed by atoms with Gasteiger partial charge in [0.2, 0.25) is 17.7 Å². The number of nitrogens with two attached hydrogens (primary N) is 1. The third-order valence-corrected chi connectivity index (χ3v) is 6.86. The van der Waals surface area contributed by atoms with Crippen molar-refractivity contribution in [1.29, 1.82) is 0 Å². The second-order valence-electron chi connectivity index (χ2n) is 12.4. The standard InChI is InChI=1S/C31H49N5O10/c1-17(2)25(29(43)44)35-24(39)14-13-23(38)22(15-20-11-9-8-10-12-20)34-26(40)19(4)36(30(45)46-31(5,6)7)28(42)18(3)33-27(41)21(32)16-37/h8-12,17-19,21-23,25,37-38H,13-16,32H2,1-7H3,(H,33,41)(H,34,40)(H,35,39)(H,43,44)/t18-,19-,21-,22-,23?,25?/m0/s1. The van der Waals surface area contributed by atoms with Gasteiger partial charge < -0.3 is 41.7 Å². The van der Waals surface area contributed by atoms with Crippen LogP contribution in [0.3, 0.4) is 0 Å². The normalized spacial score (nSPS) is 15.4. The molecular formula is C31H49N5O10. The van der Waals surface area contributed by atoms with Crippen LogP contribution in [0, 0.1) is 5.92 Å². The summed E-state index contributed by atoms with van der Waals surface area (Å²) in [7, 11) is 0. The maximum absolute atomic E-state index is 13.6. The van der Waals surface area contributed by atoms with E-state index in [1.54, 1.807) is 65.0 Å². The fourth-order valence-electron chi connectivity index (χ4n) is 4.23. The smallest absolute Gasteiger partial charge is 0.417 e. The van der Waals surface area contributed by atoms with Gasteiger partial charge in [0, 0.05) is 6.42 Å². The Hall–Kier alpha value is -4.08. The monoisotopic (exact) mass is 651 g/mol. The summed E-state index contributed by atoms with van der Waals surface area (Å²) >= 11 is 0. The molecule has 0 aliphatic carbocycles. The van der Waals surface area contributed by atoms with E-state index in [1.165, 1.54) is 13.8 Å². The van der Waals surface area contributed by atoms with E-state index in [-0.39, 0.29) is 25.2 Å². The Balaban J connectivity index is 3.25. The number of imide groups is 1. The number of hydrogen-bond donors (Lipinski definition) is 7. The van der Waals surface area contributed by atoms with Gasteiger partial charge in [0.1, 0.15) is 29.8 Å². The van der Waals surface area contributed by atoms with E-state index < -0.39 is 84.2 Å². The van der Waals surface area contributed by atoms with Crippen molar-refractivity contribution in [2.24, 2.45) is 11.7 Å². The van der Waals surface area contributed by atoms with Crippen molar-refractivity contribution in [3.05, 3.63) is 35.9 Å². The number of carboxylic acids is 1. The number of aliphatic hydroxyl groups is 2. The van der Waals surface area contributed by atoms with Crippen LogP contribution in [0.4, 0.5) is 4.79 Å². The van der Waals surface area contributed by atoms with Gasteiger partial charge in [0.15, 0.2) is 0 Å². The molecule has 0 heterocycles. The number of amides is 5. The van der Waals surface area contributed by atoms with Crippen molar-refractivity contribution in [2.45, 2.75) is 110 Å². The van der Waals surface area contributed by atoms with Crippen LogP contribution >= 0.6 is 0 Å². The van der Waals surface area contributed by atoms with Crippen LogP contribution in [0.1, 0.15) is 66.9 Å². The van der Waals surface area contributed by atoms with Crippen LogP contribution in [0.5, 0.6) is 0 Å². The van der Waals surface area contributed by atoms with Crippen LogP contribution in [0.2, 0.25) is 0 Å². The second kappa shape index (κ2) is 18.2. The molecule has 0 bridgehead atoms. The van der Waals surface area contributed by atoms with Gasteiger partial charge in [-0.05, 0) is 58.9 Å². The van der Waals surface area contributed by atoms with E-state index in [4.69, 9.17) is 15.6 Å². The van der Waals surface area contributed by atoms with Crippen LogP contribution < -0.4 is 21.7 Å². The number of benzene rings is 1.